The Kier molecular flexibility index (Phi) is 4.53. The summed E-state index contributed by atoms with van der Waals surface area (Å²) in [7, 11) is 0. The maximum Gasteiger partial charge on any atom is 0.255 e. The standard InChI is InChI=1S/C15H14Cl2N2O/c1-2-9-3-6-14(12(17)7-9)19-15(20)10-4-5-11(16)13(18)8-10/h3-8H,2,18H2,1H3,(H,19,20). The average Bonchev–Trinajstić information content (AvgIpc) is 2.43. The van der Waals surface area contributed by atoms with Crippen molar-refractivity contribution in [3.8, 4) is 0 Å². The van der Waals surface area contributed by atoms with E-state index in [0.29, 0.717) is 27.0 Å². The van der Waals surface area contributed by atoms with E-state index in [9.17, 15) is 4.79 Å². The first kappa shape index (κ1) is 14.7. The van der Waals surface area contributed by atoms with Gasteiger partial charge in [0.1, 0.15) is 0 Å². The van der Waals surface area contributed by atoms with E-state index in [1.165, 1.54) is 6.07 Å². The van der Waals surface area contributed by atoms with Crippen molar-refractivity contribution in [1.29, 1.82) is 0 Å². The summed E-state index contributed by atoms with van der Waals surface area (Å²) in [6.07, 6.45) is 0.891. The van der Waals surface area contributed by atoms with Crippen molar-refractivity contribution < 1.29 is 4.79 Å². The number of halogens is 2. The lowest BCUT2D eigenvalue weighted by molar-refractivity contribution is 0.102. The lowest BCUT2D eigenvalue weighted by Crippen LogP contribution is -2.12. The summed E-state index contributed by atoms with van der Waals surface area (Å²) in [4.78, 5) is 12.1. The molecule has 0 radical (unpaired) electrons. The SMILES string of the molecule is CCc1ccc(NC(=O)c2ccc(Cl)c(N)c2)c(Cl)c1. The highest BCUT2D eigenvalue weighted by Gasteiger charge is 2.10. The molecule has 5 heteroatoms. The number of nitrogens with two attached hydrogens (primary N) is 1. The van der Waals surface area contributed by atoms with Crippen LogP contribution in [0.25, 0.3) is 0 Å². The highest BCUT2D eigenvalue weighted by molar-refractivity contribution is 6.34. The molecule has 0 aliphatic carbocycles. The van der Waals surface area contributed by atoms with Crippen molar-refractivity contribution in [2.75, 3.05) is 11.1 Å². The summed E-state index contributed by atoms with van der Waals surface area (Å²) in [6.45, 7) is 2.04. The van der Waals surface area contributed by atoms with E-state index in [0.717, 1.165) is 12.0 Å². The molecule has 3 nitrogen and oxygen atoms in total. The molecular formula is C15H14Cl2N2O. The number of carbonyl (C=O) groups excluding carboxylic acids is 1. The molecule has 0 spiro atoms. The number of aryl methyl sites for hydroxylation is 1. The monoisotopic (exact) mass is 308 g/mol. The maximum absolute atomic E-state index is 12.1. The number of rotatable bonds is 3. The smallest absolute Gasteiger partial charge is 0.255 e. The third-order valence-electron chi connectivity index (χ3n) is 2.95. The van der Waals surface area contributed by atoms with Crippen molar-refractivity contribution in [2.45, 2.75) is 13.3 Å². The molecule has 0 bridgehead atoms. The lowest BCUT2D eigenvalue weighted by Gasteiger charge is -2.09. The fourth-order valence-electron chi connectivity index (χ4n) is 1.76. The topological polar surface area (TPSA) is 55.1 Å². The molecule has 0 saturated heterocycles. The molecule has 0 atom stereocenters. The number of hydrogen-bond donors (Lipinski definition) is 2. The normalized spacial score (nSPS) is 10.3. The lowest BCUT2D eigenvalue weighted by atomic mass is 10.1. The van der Waals surface area contributed by atoms with Crippen LogP contribution < -0.4 is 11.1 Å². The van der Waals surface area contributed by atoms with Gasteiger partial charge in [-0.05, 0) is 42.3 Å². The largest absolute Gasteiger partial charge is 0.398 e. The van der Waals surface area contributed by atoms with Gasteiger partial charge in [-0.15, -0.1) is 0 Å². The first-order valence-corrected chi connectivity index (χ1v) is 6.91. The minimum absolute atomic E-state index is 0.278. The summed E-state index contributed by atoms with van der Waals surface area (Å²) >= 11 is 12.0. The van der Waals surface area contributed by atoms with Crippen LogP contribution in [-0.4, -0.2) is 5.91 Å². The quantitative estimate of drug-likeness (QED) is 0.826. The van der Waals surface area contributed by atoms with Gasteiger partial charge in [0.25, 0.3) is 5.91 Å². The fraction of sp³-hybridized carbons (Fsp3) is 0.133. The number of nitrogen functional groups attached to an aromatic ring is 1. The highest BCUT2D eigenvalue weighted by atomic mass is 35.5. The van der Waals surface area contributed by atoms with Crippen molar-refractivity contribution in [1.82, 2.24) is 0 Å². The summed E-state index contributed by atoms with van der Waals surface area (Å²) in [5, 5.41) is 3.69. The zero-order valence-corrected chi connectivity index (χ0v) is 12.4. The Balaban J connectivity index is 2.21. The first-order valence-electron chi connectivity index (χ1n) is 6.16. The second-order valence-corrected chi connectivity index (χ2v) is 5.17. The van der Waals surface area contributed by atoms with E-state index >= 15 is 0 Å². The zero-order chi connectivity index (χ0) is 14.7. The van der Waals surface area contributed by atoms with Crippen molar-refractivity contribution in [2.24, 2.45) is 0 Å². The molecule has 0 heterocycles. The second kappa shape index (κ2) is 6.16. The molecule has 3 N–H and O–H groups in total. The zero-order valence-electron chi connectivity index (χ0n) is 10.9. The van der Waals surface area contributed by atoms with Crippen LogP contribution in [0.3, 0.4) is 0 Å². The molecule has 2 aromatic carbocycles. The van der Waals surface area contributed by atoms with Gasteiger partial charge in [-0.25, -0.2) is 0 Å². The third kappa shape index (κ3) is 3.24. The van der Waals surface area contributed by atoms with Gasteiger partial charge in [-0.2, -0.15) is 0 Å². The minimum Gasteiger partial charge on any atom is -0.398 e. The van der Waals surface area contributed by atoms with E-state index in [4.69, 9.17) is 28.9 Å². The van der Waals surface area contributed by atoms with E-state index < -0.39 is 0 Å². The molecule has 1 amide bonds. The van der Waals surface area contributed by atoms with Crippen LogP contribution in [0.1, 0.15) is 22.8 Å². The van der Waals surface area contributed by atoms with Crippen LogP contribution in [-0.2, 0) is 6.42 Å². The van der Waals surface area contributed by atoms with E-state index in [1.807, 2.05) is 19.1 Å². The molecule has 20 heavy (non-hydrogen) atoms. The Hall–Kier alpha value is -1.71. The summed E-state index contributed by atoms with van der Waals surface area (Å²) in [5.41, 5.74) is 8.17. The number of amides is 1. The van der Waals surface area contributed by atoms with Crippen LogP contribution in [0.4, 0.5) is 11.4 Å². The molecule has 0 saturated carbocycles. The first-order chi connectivity index (χ1) is 9.51. The van der Waals surface area contributed by atoms with Crippen LogP contribution in [0, 0.1) is 0 Å². The van der Waals surface area contributed by atoms with Crippen LogP contribution in [0.5, 0.6) is 0 Å². The average molecular weight is 309 g/mol. The Morgan fingerprint density at radius 2 is 1.90 bits per heavy atom. The van der Waals surface area contributed by atoms with Crippen LogP contribution in [0.2, 0.25) is 10.0 Å². The molecule has 0 unspecified atom stereocenters. The van der Waals surface area contributed by atoms with Crippen LogP contribution >= 0.6 is 23.2 Å². The van der Waals surface area contributed by atoms with Gasteiger partial charge in [0.2, 0.25) is 0 Å². The predicted octanol–water partition coefficient (Wildman–Crippen LogP) is 4.39. The van der Waals surface area contributed by atoms with Crippen molar-refractivity contribution in [3.05, 3.63) is 57.6 Å². The Labute approximate surface area is 127 Å². The number of nitrogens with one attached hydrogen (secondary N) is 1. The molecule has 0 aliphatic rings. The van der Waals surface area contributed by atoms with Crippen molar-refractivity contribution in [3.63, 3.8) is 0 Å². The Morgan fingerprint density at radius 1 is 1.15 bits per heavy atom. The van der Waals surface area contributed by atoms with Gasteiger partial charge >= 0.3 is 0 Å². The van der Waals surface area contributed by atoms with Crippen molar-refractivity contribution >= 4 is 40.5 Å². The molecule has 2 aromatic rings. The van der Waals surface area contributed by atoms with E-state index in [2.05, 4.69) is 5.32 Å². The van der Waals surface area contributed by atoms with Gasteiger partial charge in [0, 0.05) is 5.56 Å². The van der Waals surface area contributed by atoms with Gasteiger partial charge < -0.3 is 11.1 Å². The van der Waals surface area contributed by atoms with Gasteiger partial charge in [0.15, 0.2) is 0 Å². The number of hydrogen-bond acceptors (Lipinski definition) is 2. The molecule has 0 aromatic heterocycles. The van der Waals surface area contributed by atoms with Crippen LogP contribution in [0.15, 0.2) is 36.4 Å². The minimum atomic E-state index is -0.278. The maximum atomic E-state index is 12.1. The Bertz CT molecular complexity index is 656. The summed E-state index contributed by atoms with van der Waals surface area (Å²) in [6, 6.07) is 10.3. The summed E-state index contributed by atoms with van der Waals surface area (Å²) in [5.74, 6) is -0.278. The predicted molar refractivity (Wildman–Crippen MR) is 84.6 cm³/mol. The highest BCUT2D eigenvalue weighted by Crippen LogP contribution is 2.25. The third-order valence-corrected chi connectivity index (χ3v) is 3.61. The molecule has 0 aliphatic heterocycles. The summed E-state index contributed by atoms with van der Waals surface area (Å²) < 4.78 is 0. The number of anilines is 2. The molecule has 104 valence electrons. The number of carbonyl (C=O) groups is 1. The van der Waals surface area contributed by atoms with Gasteiger partial charge in [-0.1, -0.05) is 36.2 Å². The van der Waals surface area contributed by atoms with E-state index in [-0.39, 0.29) is 5.91 Å². The fourth-order valence-corrected chi connectivity index (χ4v) is 2.13. The second-order valence-electron chi connectivity index (χ2n) is 4.36. The Morgan fingerprint density at radius 3 is 2.50 bits per heavy atom. The number of benzene rings is 2. The molecular weight excluding hydrogens is 295 g/mol. The van der Waals surface area contributed by atoms with Gasteiger partial charge in [-0.3, -0.25) is 4.79 Å². The van der Waals surface area contributed by atoms with E-state index in [1.54, 1.807) is 18.2 Å². The molecule has 2 rings (SSSR count). The molecule has 0 fully saturated rings. The van der Waals surface area contributed by atoms with Gasteiger partial charge in [0.05, 0.1) is 21.4 Å².